The molecule has 3 rings (SSSR count). The third kappa shape index (κ3) is 2.93. The van der Waals surface area contributed by atoms with Gasteiger partial charge < -0.3 is 4.52 Å². The standard InChI is InChI=1S/C14H11BrF3N5O/c1-3-23-11(10(15)7(2)21-23)13-20-12(22-24-13)9-5-4-8(6-19-9)14(16,17)18/h4-6H,3H2,1-2H3. The summed E-state index contributed by atoms with van der Waals surface area (Å²) in [6.07, 6.45) is -3.70. The van der Waals surface area contributed by atoms with Gasteiger partial charge in [0.25, 0.3) is 5.89 Å². The highest BCUT2D eigenvalue weighted by Gasteiger charge is 2.31. The van der Waals surface area contributed by atoms with Crippen molar-refractivity contribution in [3.8, 4) is 23.1 Å². The van der Waals surface area contributed by atoms with Gasteiger partial charge in [0.05, 0.1) is 15.7 Å². The van der Waals surface area contributed by atoms with Crippen LogP contribution in [0.4, 0.5) is 13.2 Å². The van der Waals surface area contributed by atoms with Crippen LogP contribution >= 0.6 is 15.9 Å². The molecule has 0 saturated heterocycles. The molecule has 3 aromatic heterocycles. The molecular weight excluding hydrogens is 391 g/mol. The van der Waals surface area contributed by atoms with Crippen LogP contribution in [0.1, 0.15) is 18.2 Å². The molecule has 6 nitrogen and oxygen atoms in total. The minimum atomic E-state index is -4.44. The van der Waals surface area contributed by atoms with Gasteiger partial charge in [0.1, 0.15) is 11.4 Å². The van der Waals surface area contributed by atoms with Crippen molar-refractivity contribution in [2.45, 2.75) is 26.6 Å². The zero-order valence-corrected chi connectivity index (χ0v) is 14.2. The van der Waals surface area contributed by atoms with E-state index in [1.807, 2.05) is 13.8 Å². The third-order valence-electron chi connectivity index (χ3n) is 3.30. The lowest BCUT2D eigenvalue weighted by atomic mass is 10.2. The first-order chi connectivity index (χ1) is 11.3. The number of halogens is 4. The summed E-state index contributed by atoms with van der Waals surface area (Å²) in [6, 6.07) is 2.13. The molecule has 24 heavy (non-hydrogen) atoms. The van der Waals surface area contributed by atoms with Crippen molar-refractivity contribution in [1.82, 2.24) is 24.9 Å². The van der Waals surface area contributed by atoms with Gasteiger partial charge in [-0.25, -0.2) is 0 Å². The Morgan fingerprint density at radius 1 is 1.29 bits per heavy atom. The van der Waals surface area contributed by atoms with E-state index in [-0.39, 0.29) is 17.4 Å². The van der Waals surface area contributed by atoms with Crippen LogP contribution in [0, 0.1) is 6.92 Å². The molecule has 0 spiro atoms. The summed E-state index contributed by atoms with van der Waals surface area (Å²) in [5.74, 6) is 0.313. The molecule has 10 heteroatoms. The molecule has 0 aliphatic rings. The van der Waals surface area contributed by atoms with Crippen LogP contribution in [-0.4, -0.2) is 24.9 Å². The van der Waals surface area contributed by atoms with Crippen LogP contribution in [0.3, 0.4) is 0 Å². The van der Waals surface area contributed by atoms with Crippen LogP contribution < -0.4 is 0 Å². The quantitative estimate of drug-likeness (QED) is 0.660. The Labute approximate surface area is 142 Å². The van der Waals surface area contributed by atoms with Crippen LogP contribution in [0.15, 0.2) is 27.3 Å². The maximum atomic E-state index is 12.6. The van der Waals surface area contributed by atoms with E-state index >= 15 is 0 Å². The van der Waals surface area contributed by atoms with Crippen LogP contribution in [0.5, 0.6) is 0 Å². The normalized spacial score (nSPS) is 11.9. The molecule has 0 aliphatic heterocycles. The van der Waals surface area contributed by atoms with E-state index in [1.165, 1.54) is 6.07 Å². The fraction of sp³-hybridized carbons (Fsp3) is 0.286. The Balaban J connectivity index is 1.97. The van der Waals surface area contributed by atoms with E-state index in [0.29, 0.717) is 12.2 Å². The van der Waals surface area contributed by atoms with Crippen molar-refractivity contribution in [3.63, 3.8) is 0 Å². The summed E-state index contributed by atoms with van der Waals surface area (Å²) in [7, 11) is 0. The zero-order chi connectivity index (χ0) is 17.5. The van der Waals surface area contributed by atoms with Crippen LogP contribution in [-0.2, 0) is 12.7 Å². The lowest BCUT2D eigenvalue weighted by molar-refractivity contribution is -0.137. The lowest BCUT2D eigenvalue weighted by Gasteiger charge is -2.05. The molecule has 0 bridgehead atoms. The summed E-state index contributed by atoms with van der Waals surface area (Å²) in [5, 5.41) is 8.12. The highest BCUT2D eigenvalue weighted by atomic mass is 79.9. The van der Waals surface area contributed by atoms with E-state index in [0.717, 1.165) is 22.4 Å². The summed E-state index contributed by atoms with van der Waals surface area (Å²) in [6.45, 7) is 4.34. The van der Waals surface area contributed by atoms with Crippen molar-refractivity contribution >= 4 is 15.9 Å². The molecule has 0 N–H and O–H groups in total. The smallest absolute Gasteiger partial charge is 0.332 e. The largest absolute Gasteiger partial charge is 0.417 e. The molecule has 0 aromatic carbocycles. The van der Waals surface area contributed by atoms with Crippen molar-refractivity contribution < 1.29 is 17.7 Å². The van der Waals surface area contributed by atoms with E-state index in [4.69, 9.17) is 4.52 Å². The predicted molar refractivity (Wildman–Crippen MR) is 81.9 cm³/mol. The molecule has 0 aliphatic carbocycles. The van der Waals surface area contributed by atoms with Gasteiger partial charge in [-0.3, -0.25) is 9.67 Å². The number of aromatic nitrogens is 5. The third-order valence-corrected chi connectivity index (χ3v) is 4.25. The Morgan fingerprint density at radius 2 is 2.04 bits per heavy atom. The van der Waals surface area contributed by atoms with Gasteiger partial charge in [0.2, 0.25) is 5.82 Å². The molecule has 0 saturated carbocycles. The van der Waals surface area contributed by atoms with Crippen molar-refractivity contribution in [3.05, 3.63) is 34.1 Å². The van der Waals surface area contributed by atoms with Gasteiger partial charge in [-0.05, 0) is 41.9 Å². The monoisotopic (exact) mass is 401 g/mol. The minimum Gasteiger partial charge on any atom is -0.332 e. The average Bonchev–Trinajstić information content (AvgIpc) is 3.12. The SMILES string of the molecule is CCn1nc(C)c(Br)c1-c1nc(-c2ccc(C(F)(F)F)cn2)no1. The second-order valence-corrected chi connectivity index (χ2v) is 5.71. The molecule has 0 amide bonds. The second-order valence-electron chi connectivity index (χ2n) is 4.92. The van der Waals surface area contributed by atoms with E-state index in [1.54, 1.807) is 4.68 Å². The summed E-state index contributed by atoms with van der Waals surface area (Å²) in [4.78, 5) is 7.97. The van der Waals surface area contributed by atoms with Crippen molar-refractivity contribution in [2.75, 3.05) is 0 Å². The number of pyridine rings is 1. The average molecular weight is 402 g/mol. The molecule has 0 atom stereocenters. The first kappa shape index (κ1) is 16.6. The van der Waals surface area contributed by atoms with E-state index < -0.39 is 11.7 Å². The predicted octanol–water partition coefficient (Wildman–Crippen LogP) is 4.10. The van der Waals surface area contributed by atoms with Gasteiger partial charge >= 0.3 is 6.18 Å². The molecular formula is C14H11BrF3N5O. The Morgan fingerprint density at radius 3 is 2.62 bits per heavy atom. The minimum absolute atomic E-state index is 0.104. The van der Waals surface area contributed by atoms with Gasteiger partial charge in [0.15, 0.2) is 0 Å². The first-order valence-corrected chi connectivity index (χ1v) is 7.71. The van der Waals surface area contributed by atoms with Gasteiger partial charge in [-0.2, -0.15) is 23.3 Å². The summed E-state index contributed by atoms with van der Waals surface area (Å²) in [5.41, 5.74) is 0.728. The van der Waals surface area contributed by atoms with Gasteiger partial charge in [-0.1, -0.05) is 5.16 Å². The maximum absolute atomic E-state index is 12.6. The highest BCUT2D eigenvalue weighted by Crippen LogP contribution is 2.32. The first-order valence-electron chi connectivity index (χ1n) is 6.92. The number of aryl methyl sites for hydroxylation is 2. The zero-order valence-electron chi connectivity index (χ0n) is 12.6. The topological polar surface area (TPSA) is 69.6 Å². The van der Waals surface area contributed by atoms with Crippen LogP contribution in [0.2, 0.25) is 0 Å². The number of rotatable bonds is 3. The molecule has 3 aromatic rings. The van der Waals surface area contributed by atoms with Gasteiger partial charge in [0, 0.05) is 12.7 Å². The Bertz CT molecular complexity index is 870. The van der Waals surface area contributed by atoms with Crippen molar-refractivity contribution in [1.29, 1.82) is 0 Å². The fourth-order valence-electron chi connectivity index (χ4n) is 2.11. The number of hydrogen-bond donors (Lipinski definition) is 0. The van der Waals surface area contributed by atoms with Crippen molar-refractivity contribution in [2.24, 2.45) is 0 Å². The molecule has 3 heterocycles. The molecule has 0 fully saturated rings. The fourth-order valence-corrected chi connectivity index (χ4v) is 2.56. The van der Waals surface area contributed by atoms with E-state index in [2.05, 4.69) is 36.2 Å². The number of hydrogen-bond acceptors (Lipinski definition) is 5. The Hall–Kier alpha value is -2.23. The van der Waals surface area contributed by atoms with Crippen LogP contribution in [0.25, 0.3) is 23.1 Å². The highest BCUT2D eigenvalue weighted by molar-refractivity contribution is 9.10. The summed E-state index contributed by atoms with van der Waals surface area (Å²) >= 11 is 3.42. The van der Waals surface area contributed by atoms with Gasteiger partial charge in [-0.15, -0.1) is 0 Å². The second kappa shape index (κ2) is 6.00. The molecule has 126 valence electrons. The maximum Gasteiger partial charge on any atom is 0.417 e. The molecule has 0 radical (unpaired) electrons. The molecule has 0 unspecified atom stereocenters. The lowest BCUT2D eigenvalue weighted by Crippen LogP contribution is -2.05. The number of alkyl halides is 3. The Kier molecular flexibility index (Phi) is 4.16. The van der Waals surface area contributed by atoms with E-state index in [9.17, 15) is 13.2 Å². The number of nitrogens with zero attached hydrogens (tertiary/aromatic N) is 5. The summed E-state index contributed by atoms with van der Waals surface area (Å²) < 4.78 is 45.4.